The minimum atomic E-state index is -0.435. The van der Waals surface area contributed by atoms with Crippen LogP contribution in [0.5, 0.6) is 5.75 Å². The van der Waals surface area contributed by atoms with Crippen LogP contribution >= 0.6 is 11.6 Å². The van der Waals surface area contributed by atoms with Gasteiger partial charge in [0.25, 0.3) is 0 Å². The Hall–Kier alpha value is -1.87. The van der Waals surface area contributed by atoms with Gasteiger partial charge in [0.15, 0.2) is 12.4 Å². The lowest BCUT2D eigenvalue weighted by Crippen LogP contribution is -2.13. The molecule has 0 aliphatic rings. The highest BCUT2D eigenvalue weighted by Crippen LogP contribution is 2.27. The van der Waals surface area contributed by atoms with Gasteiger partial charge in [-0.1, -0.05) is 23.7 Å². The zero-order valence-electron chi connectivity index (χ0n) is 11.2. The zero-order chi connectivity index (χ0) is 14.7. The number of carbonyl (C=O) groups excluding carboxylic acids is 1. The van der Waals surface area contributed by atoms with E-state index in [-0.39, 0.29) is 12.4 Å². The van der Waals surface area contributed by atoms with Gasteiger partial charge in [0.2, 0.25) is 0 Å². The topological polar surface area (TPSA) is 26.3 Å². The van der Waals surface area contributed by atoms with Gasteiger partial charge in [-0.15, -0.1) is 0 Å². The Labute approximate surface area is 122 Å². The van der Waals surface area contributed by atoms with Gasteiger partial charge >= 0.3 is 0 Å². The van der Waals surface area contributed by atoms with Crippen LogP contribution in [0.15, 0.2) is 36.4 Å². The molecule has 2 nitrogen and oxygen atoms in total. The van der Waals surface area contributed by atoms with E-state index in [0.29, 0.717) is 16.3 Å². The maximum Gasteiger partial charge on any atom is 0.200 e. The quantitative estimate of drug-likeness (QED) is 0.783. The molecule has 0 atom stereocenters. The van der Waals surface area contributed by atoms with Gasteiger partial charge in [-0.3, -0.25) is 4.79 Å². The highest BCUT2D eigenvalue weighted by molar-refractivity contribution is 6.30. The summed E-state index contributed by atoms with van der Waals surface area (Å²) < 4.78 is 18.6. The van der Waals surface area contributed by atoms with Crippen molar-refractivity contribution in [3.8, 4) is 5.75 Å². The first kappa shape index (κ1) is 14.5. The molecule has 104 valence electrons. The van der Waals surface area contributed by atoms with Gasteiger partial charge in [0, 0.05) is 10.6 Å². The summed E-state index contributed by atoms with van der Waals surface area (Å²) in [6.45, 7) is 3.59. The minimum Gasteiger partial charge on any atom is -0.485 e. The molecular formula is C16H14ClFO2. The van der Waals surface area contributed by atoms with Crippen LogP contribution in [0.1, 0.15) is 21.5 Å². The lowest BCUT2D eigenvalue weighted by atomic mass is 10.1. The molecule has 0 heterocycles. The van der Waals surface area contributed by atoms with Crippen LogP contribution in [-0.4, -0.2) is 12.4 Å². The second-order valence-electron chi connectivity index (χ2n) is 4.59. The molecule has 4 heteroatoms. The van der Waals surface area contributed by atoms with Crippen molar-refractivity contribution in [3.05, 3.63) is 63.9 Å². The molecule has 0 fully saturated rings. The Balaban J connectivity index is 2.11. The van der Waals surface area contributed by atoms with Crippen molar-refractivity contribution < 1.29 is 13.9 Å². The van der Waals surface area contributed by atoms with Crippen molar-refractivity contribution in [2.24, 2.45) is 0 Å². The van der Waals surface area contributed by atoms with Crippen molar-refractivity contribution in [1.82, 2.24) is 0 Å². The number of rotatable bonds is 4. The van der Waals surface area contributed by atoms with E-state index in [1.54, 1.807) is 18.2 Å². The van der Waals surface area contributed by atoms with Crippen molar-refractivity contribution in [2.75, 3.05) is 6.61 Å². The van der Waals surface area contributed by atoms with Crippen LogP contribution in [0.25, 0.3) is 0 Å². The lowest BCUT2D eigenvalue weighted by molar-refractivity contribution is 0.0920. The molecule has 2 aromatic carbocycles. The fraction of sp³-hybridized carbons (Fsp3) is 0.188. The lowest BCUT2D eigenvalue weighted by Gasteiger charge is -2.12. The summed E-state index contributed by atoms with van der Waals surface area (Å²) in [5.41, 5.74) is 2.03. The third kappa shape index (κ3) is 3.36. The maximum absolute atomic E-state index is 13.1. The fourth-order valence-corrected chi connectivity index (χ4v) is 2.34. The molecule has 0 saturated heterocycles. The number of ether oxygens (including phenoxy) is 1. The molecule has 0 spiro atoms. The third-order valence-electron chi connectivity index (χ3n) is 2.92. The number of halogens is 2. The second kappa shape index (κ2) is 6.06. The highest BCUT2D eigenvalue weighted by atomic mass is 35.5. The molecule has 0 aliphatic heterocycles. The normalized spacial score (nSPS) is 10.4. The number of benzene rings is 2. The largest absolute Gasteiger partial charge is 0.485 e. The van der Waals surface area contributed by atoms with Gasteiger partial charge in [0.05, 0.1) is 0 Å². The number of ketones is 1. The summed E-state index contributed by atoms with van der Waals surface area (Å²) in [6, 6.07) is 9.11. The van der Waals surface area contributed by atoms with E-state index < -0.39 is 5.82 Å². The van der Waals surface area contributed by atoms with Crippen molar-refractivity contribution in [1.29, 1.82) is 0 Å². The predicted octanol–water partition coefficient (Wildman–Crippen LogP) is 4.36. The molecule has 0 radical (unpaired) electrons. The zero-order valence-corrected chi connectivity index (χ0v) is 12.0. The molecule has 2 aromatic rings. The number of hydrogen-bond acceptors (Lipinski definition) is 2. The molecule has 20 heavy (non-hydrogen) atoms. The smallest absolute Gasteiger partial charge is 0.200 e. The van der Waals surface area contributed by atoms with E-state index in [1.807, 2.05) is 13.8 Å². The van der Waals surface area contributed by atoms with Crippen LogP contribution in [-0.2, 0) is 0 Å². The molecule has 0 N–H and O–H groups in total. The summed E-state index contributed by atoms with van der Waals surface area (Å²) in [5.74, 6) is -0.0629. The molecule has 0 unspecified atom stereocenters. The summed E-state index contributed by atoms with van der Waals surface area (Å²) in [4.78, 5) is 11.9. The van der Waals surface area contributed by atoms with E-state index in [9.17, 15) is 9.18 Å². The molecule has 0 saturated carbocycles. The summed E-state index contributed by atoms with van der Waals surface area (Å²) >= 11 is 5.93. The maximum atomic E-state index is 13.1. The molecule has 0 aromatic heterocycles. The van der Waals surface area contributed by atoms with Crippen molar-refractivity contribution in [3.63, 3.8) is 0 Å². The van der Waals surface area contributed by atoms with Crippen LogP contribution in [0.4, 0.5) is 4.39 Å². The van der Waals surface area contributed by atoms with Gasteiger partial charge < -0.3 is 4.74 Å². The van der Waals surface area contributed by atoms with E-state index >= 15 is 0 Å². The van der Waals surface area contributed by atoms with E-state index in [0.717, 1.165) is 11.1 Å². The van der Waals surface area contributed by atoms with Crippen molar-refractivity contribution >= 4 is 17.4 Å². The Bertz CT molecular complexity index is 630. The third-order valence-corrected chi connectivity index (χ3v) is 3.14. The number of aryl methyl sites for hydroxylation is 2. The Morgan fingerprint density at radius 3 is 2.45 bits per heavy atom. The predicted molar refractivity (Wildman–Crippen MR) is 77.2 cm³/mol. The minimum absolute atomic E-state index is 0.132. The molecule has 2 rings (SSSR count). The Morgan fingerprint density at radius 1 is 1.20 bits per heavy atom. The number of Topliss-reactive ketones (excluding diaryl/α,β-unsaturated/α-hetero) is 1. The van der Waals surface area contributed by atoms with E-state index in [4.69, 9.17) is 16.3 Å². The van der Waals surface area contributed by atoms with Gasteiger partial charge in [-0.25, -0.2) is 4.39 Å². The average molecular weight is 293 g/mol. The van der Waals surface area contributed by atoms with Crippen LogP contribution in [0.3, 0.4) is 0 Å². The highest BCUT2D eigenvalue weighted by Gasteiger charge is 2.11. The Morgan fingerprint density at radius 2 is 1.85 bits per heavy atom. The van der Waals surface area contributed by atoms with Gasteiger partial charge in [0.1, 0.15) is 11.6 Å². The van der Waals surface area contributed by atoms with Gasteiger partial charge in [-0.2, -0.15) is 0 Å². The number of carbonyl (C=O) groups is 1. The molecule has 0 amide bonds. The molecule has 0 aliphatic carbocycles. The molecule has 0 bridgehead atoms. The Kier molecular flexibility index (Phi) is 4.40. The average Bonchev–Trinajstić information content (AvgIpc) is 2.37. The van der Waals surface area contributed by atoms with E-state index in [2.05, 4.69) is 0 Å². The molecular weight excluding hydrogens is 279 g/mol. The van der Waals surface area contributed by atoms with E-state index in [1.165, 1.54) is 18.2 Å². The second-order valence-corrected chi connectivity index (χ2v) is 5.03. The first-order chi connectivity index (χ1) is 9.47. The fourth-order valence-electron chi connectivity index (χ4n) is 2.01. The van der Waals surface area contributed by atoms with Crippen molar-refractivity contribution in [2.45, 2.75) is 13.8 Å². The summed E-state index contributed by atoms with van der Waals surface area (Å²) in [6.07, 6.45) is 0. The van der Waals surface area contributed by atoms with Crippen LogP contribution in [0.2, 0.25) is 5.02 Å². The van der Waals surface area contributed by atoms with Crippen LogP contribution < -0.4 is 4.74 Å². The summed E-state index contributed by atoms with van der Waals surface area (Å²) in [7, 11) is 0. The number of hydrogen-bond donors (Lipinski definition) is 0. The van der Waals surface area contributed by atoms with Gasteiger partial charge in [-0.05, 0) is 49.2 Å². The monoisotopic (exact) mass is 292 g/mol. The SMILES string of the molecule is Cc1cc(Cl)cc(C)c1OCC(=O)c1cccc(F)c1. The first-order valence-corrected chi connectivity index (χ1v) is 6.53. The standard InChI is InChI=1S/C16H14ClFO2/c1-10-6-13(17)7-11(2)16(10)20-9-15(19)12-4-3-5-14(18)8-12/h3-8H,9H2,1-2H3. The summed E-state index contributed by atoms with van der Waals surface area (Å²) in [5, 5.41) is 0.629. The first-order valence-electron chi connectivity index (χ1n) is 6.15. The van der Waals surface area contributed by atoms with Crippen LogP contribution in [0, 0.1) is 19.7 Å².